The van der Waals surface area contributed by atoms with Crippen LogP contribution in [0.2, 0.25) is 0 Å². The number of aromatic nitrogens is 5. The molecule has 0 bridgehead atoms. The Morgan fingerprint density at radius 3 is 2.85 bits per heavy atom. The van der Waals surface area contributed by atoms with Gasteiger partial charge in [-0.3, -0.25) is 4.98 Å². The van der Waals surface area contributed by atoms with Crippen molar-refractivity contribution in [2.24, 2.45) is 0 Å². The van der Waals surface area contributed by atoms with E-state index in [9.17, 15) is 0 Å². The molecule has 4 rings (SSSR count). The van der Waals surface area contributed by atoms with Gasteiger partial charge in [0, 0.05) is 29.9 Å². The largest absolute Gasteiger partial charge is 0.360 e. The molecule has 0 spiro atoms. The lowest BCUT2D eigenvalue weighted by Gasteiger charge is -2.07. The van der Waals surface area contributed by atoms with Gasteiger partial charge >= 0.3 is 0 Å². The third-order valence-corrected chi connectivity index (χ3v) is 5.82. The molecule has 0 aliphatic heterocycles. The molecule has 3 heterocycles. The Labute approximate surface area is 165 Å². The van der Waals surface area contributed by atoms with E-state index in [-0.39, 0.29) is 0 Å². The number of rotatable bonds is 7. The molecule has 136 valence electrons. The fourth-order valence-electron chi connectivity index (χ4n) is 2.53. The zero-order valence-corrected chi connectivity index (χ0v) is 16.4. The van der Waals surface area contributed by atoms with E-state index in [4.69, 9.17) is 9.97 Å². The molecule has 8 heteroatoms. The maximum atomic E-state index is 4.78. The van der Waals surface area contributed by atoms with Crippen molar-refractivity contribution >= 4 is 39.1 Å². The van der Waals surface area contributed by atoms with Crippen molar-refractivity contribution in [2.45, 2.75) is 29.1 Å². The predicted molar refractivity (Wildman–Crippen MR) is 110 cm³/mol. The van der Waals surface area contributed by atoms with Crippen LogP contribution in [0.15, 0.2) is 58.2 Å². The highest BCUT2D eigenvalue weighted by Crippen LogP contribution is 2.35. The van der Waals surface area contributed by atoms with Crippen LogP contribution in [0.5, 0.6) is 0 Å². The Hall–Kier alpha value is -2.58. The van der Waals surface area contributed by atoms with Crippen LogP contribution in [-0.2, 0) is 0 Å². The van der Waals surface area contributed by atoms with Crippen molar-refractivity contribution in [2.75, 3.05) is 11.9 Å². The summed E-state index contributed by atoms with van der Waals surface area (Å²) in [5.74, 6) is 0.662. The number of unbranched alkanes of at least 4 members (excludes halogenated alkanes) is 1. The number of nitrogens with one attached hydrogen (secondary N) is 1. The first kappa shape index (κ1) is 17.8. The van der Waals surface area contributed by atoms with Crippen molar-refractivity contribution in [3.05, 3.63) is 48.8 Å². The second-order valence-electron chi connectivity index (χ2n) is 5.87. The van der Waals surface area contributed by atoms with Gasteiger partial charge in [0.25, 0.3) is 0 Å². The Kier molecular flexibility index (Phi) is 5.55. The molecule has 3 aromatic heterocycles. The molecule has 1 N–H and O–H groups in total. The van der Waals surface area contributed by atoms with Gasteiger partial charge in [-0.15, -0.1) is 10.2 Å². The van der Waals surface area contributed by atoms with E-state index >= 15 is 0 Å². The number of hydrogen-bond donors (Lipinski definition) is 1. The van der Waals surface area contributed by atoms with E-state index in [2.05, 4.69) is 27.4 Å². The van der Waals surface area contributed by atoms with Crippen molar-refractivity contribution in [3.63, 3.8) is 0 Å². The average molecular weight is 395 g/mol. The van der Waals surface area contributed by atoms with Gasteiger partial charge in [-0.2, -0.15) is 0 Å². The van der Waals surface area contributed by atoms with Gasteiger partial charge < -0.3 is 5.32 Å². The quantitative estimate of drug-likeness (QED) is 0.353. The van der Waals surface area contributed by atoms with Crippen LogP contribution in [0.25, 0.3) is 22.3 Å². The SMILES string of the molecule is CCCCNc1nnc(Sc2nc(-c3cccnc3)nc3ccccc23)s1. The van der Waals surface area contributed by atoms with Gasteiger partial charge in [0.2, 0.25) is 5.13 Å². The Balaban J connectivity index is 1.66. The summed E-state index contributed by atoms with van der Waals surface area (Å²) in [6.45, 7) is 3.08. The van der Waals surface area contributed by atoms with Crippen LogP contribution in [0.3, 0.4) is 0 Å². The van der Waals surface area contributed by atoms with Crippen LogP contribution in [0.4, 0.5) is 5.13 Å². The molecule has 6 nitrogen and oxygen atoms in total. The van der Waals surface area contributed by atoms with E-state index in [1.54, 1.807) is 23.7 Å². The predicted octanol–water partition coefficient (Wildman–Crippen LogP) is 4.91. The number of anilines is 1. The Morgan fingerprint density at radius 2 is 2.00 bits per heavy atom. The van der Waals surface area contributed by atoms with E-state index in [0.717, 1.165) is 50.3 Å². The van der Waals surface area contributed by atoms with Crippen LogP contribution in [0.1, 0.15) is 19.8 Å². The lowest BCUT2D eigenvalue weighted by Crippen LogP contribution is -1.99. The lowest BCUT2D eigenvalue weighted by molar-refractivity contribution is 0.830. The number of hydrogen-bond acceptors (Lipinski definition) is 8. The highest BCUT2D eigenvalue weighted by Gasteiger charge is 2.13. The minimum absolute atomic E-state index is 0.662. The van der Waals surface area contributed by atoms with Crippen LogP contribution in [-0.4, -0.2) is 31.7 Å². The second kappa shape index (κ2) is 8.41. The van der Waals surface area contributed by atoms with Crippen molar-refractivity contribution in [1.82, 2.24) is 25.1 Å². The minimum Gasteiger partial charge on any atom is -0.360 e. The summed E-state index contributed by atoms with van der Waals surface area (Å²) in [6, 6.07) is 11.9. The highest BCUT2D eigenvalue weighted by atomic mass is 32.2. The van der Waals surface area contributed by atoms with Crippen molar-refractivity contribution in [1.29, 1.82) is 0 Å². The molecule has 0 saturated heterocycles. The smallest absolute Gasteiger partial charge is 0.206 e. The number of benzene rings is 1. The first-order valence-corrected chi connectivity index (χ1v) is 10.4. The molecule has 1 aromatic carbocycles. The first-order valence-electron chi connectivity index (χ1n) is 8.76. The molecule has 0 radical (unpaired) electrons. The van der Waals surface area contributed by atoms with Gasteiger partial charge in [-0.25, -0.2) is 9.97 Å². The number of para-hydroxylation sites is 1. The molecular formula is C19H18N6S2. The summed E-state index contributed by atoms with van der Waals surface area (Å²) >= 11 is 3.06. The summed E-state index contributed by atoms with van der Waals surface area (Å²) in [5.41, 5.74) is 1.80. The monoisotopic (exact) mass is 394 g/mol. The lowest BCUT2D eigenvalue weighted by atomic mass is 10.2. The third kappa shape index (κ3) is 4.23. The van der Waals surface area contributed by atoms with Crippen LogP contribution < -0.4 is 5.32 Å². The number of nitrogens with zero attached hydrogens (tertiary/aromatic N) is 5. The number of fused-ring (bicyclic) bond motifs is 1. The second-order valence-corrected chi connectivity index (χ2v) is 8.08. The standard InChI is InChI=1S/C19H18N6S2/c1-2-3-11-21-18-24-25-19(27-18)26-17-14-8-4-5-9-15(14)22-16(23-17)13-7-6-10-20-12-13/h4-10,12H,2-3,11H2,1H3,(H,21,24). The van der Waals surface area contributed by atoms with Gasteiger partial charge in [-0.05, 0) is 36.4 Å². The molecule has 0 unspecified atom stereocenters. The van der Waals surface area contributed by atoms with Crippen LogP contribution in [0, 0.1) is 0 Å². The van der Waals surface area contributed by atoms with E-state index in [1.165, 1.54) is 11.8 Å². The molecule has 0 saturated carbocycles. The summed E-state index contributed by atoms with van der Waals surface area (Å²) in [6.07, 6.45) is 5.79. The summed E-state index contributed by atoms with van der Waals surface area (Å²) < 4.78 is 0.856. The zero-order valence-electron chi connectivity index (χ0n) is 14.8. The van der Waals surface area contributed by atoms with Crippen LogP contribution >= 0.6 is 23.1 Å². The number of pyridine rings is 1. The molecule has 0 fully saturated rings. The van der Waals surface area contributed by atoms with E-state index in [1.807, 2.05) is 36.4 Å². The maximum absolute atomic E-state index is 4.78. The normalized spacial score (nSPS) is 11.0. The topological polar surface area (TPSA) is 76.5 Å². The first-order chi connectivity index (χ1) is 13.3. The molecular weight excluding hydrogens is 376 g/mol. The highest BCUT2D eigenvalue weighted by molar-refractivity contribution is 8.01. The van der Waals surface area contributed by atoms with E-state index in [0.29, 0.717) is 5.82 Å². The summed E-state index contributed by atoms with van der Waals surface area (Å²) in [7, 11) is 0. The van der Waals surface area contributed by atoms with Crippen molar-refractivity contribution in [3.8, 4) is 11.4 Å². The molecule has 4 aromatic rings. The molecule has 0 aliphatic rings. The molecule has 27 heavy (non-hydrogen) atoms. The fourth-order valence-corrected chi connectivity index (χ4v) is 4.33. The third-order valence-electron chi connectivity index (χ3n) is 3.88. The van der Waals surface area contributed by atoms with E-state index < -0.39 is 0 Å². The summed E-state index contributed by atoms with van der Waals surface area (Å²) in [4.78, 5) is 13.7. The molecule has 0 aliphatic carbocycles. The fraction of sp³-hybridized carbons (Fsp3) is 0.211. The Morgan fingerprint density at radius 1 is 1.07 bits per heavy atom. The summed E-state index contributed by atoms with van der Waals surface area (Å²) in [5, 5.41) is 14.6. The maximum Gasteiger partial charge on any atom is 0.206 e. The van der Waals surface area contributed by atoms with Gasteiger partial charge in [0.15, 0.2) is 10.2 Å². The van der Waals surface area contributed by atoms with Gasteiger partial charge in [0.1, 0.15) is 5.03 Å². The average Bonchev–Trinajstić information content (AvgIpc) is 3.16. The minimum atomic E-state index is 0.662. The van der Waals surface area contributed by atoms with Crippen molar-refractivity contribution < 1.29 is 0 Å². The zero-order chi connectivity index (χ0) is 18.5. The molecule has 0 amide bonds. The van der Waals surface area contributed by atoms with Gasteiger partial charge in [0.05, 0.1) is 5.52 Å². The Bertz CT molecular complexity index is 1030. The van der Waals surface area contributed by atoms with Gasteiger partial charge in [-0.1, -0.05) is 42.9 Å². The molecule has 0 atom stereocenters.